The van der Waals surface area contributed by atoms with Gasteiger partial charge in [-0.2, -0.15) is 0 Å². The van der Waals surface area contributed by atoms with E-state index in [2.05, 4.69) is 0 Å². The Morgan fingerprint density at radius 1 is 1.56 bits per heavy atom. The topological polar surface area (TPSA) is 26.0 Å². The van der Waals surface area contributed by atoms with Crippen LogP contribution >= 0.6 is 23.2 Å². The second-order valence-electron chi connectivity index (χ2n) is 1.81. The molecular formula is C6H6Cl2N. The summed E-state index contributed by atoms with van der Waals surface area (Å²) in [6, 6.07) is 0. The Morgan fingerprint density at radius 2 is 2.22 bits per heavy atom. The van der Waals surface area contributed by atoms with Crippen LogP contribution in [0.2, 0.25) is 0 Å². The van der Waals surface area contributed by atoms with Crippen molar-refractivity contribution in [3.63, 3.8) is 0 Å². The molecule has 0 saturated carbocycles. The Labute approximate surface area is 64.1 Å². The lowest BCUT2D eigenvalue weighted by Crippen LogP contribution is -2.06. The molecule has 0 aromatic rings. The predicted molar refractivity (Wildman–Crippen MR) is 40.1 cm³/mol. The van der Waals surface area contributed by atoms with Gasteiger partial charge in [-0.05, 0) is 12.2 Å². The van der Waals surface area contributed by atoms with Gasteiger partial charge in [0.2, 0.25) is 0 Å². The molecule has 0 aromatic carbocycles. The lowest BCUT2D eigenvalue weighted by molar-refractivity contribution is 1.19. The molecule has 1 atom stereocenters. The highest BCUT2D eigenvalue weighted by molar-refractivity contribution is 6.33. The third kappa shape index (κ3) is 1.92. The Bertz CT molecular complexity index is 172. The summed E-state index contributed by atoms with van der Waals surface area (Å²) in [4.78, 5) is 0. The molecular weight excluding hydrogens is 157 g/mol. The minimum absolute atomic E-state index is 0.150. The van der Waals surface area contributed by atoms with Crippen molar-refractivity contribution in [1.82, 2.24) is 0 Å². The first kappa shape index (κ1) is 6.97. The van der Waals surface area contributed by atoms with Crippen molar-refractivity contribution < 1.29 is 0 Å². The summed E-state index contributed by atoms with van der Waals surface area (Å²) in [7, 11) is 0. The Morgan fingerprint density at radius 3 is 2.67 bits per heavy atom. The van der Waals surface area contributed by atoms with Crippen LogP contribution in [0.4, 0.5) is 0 Å². The van der Waals surface area contributed by atoms with Gasteiger partial charge in [0.25, 0.3) is 0 Å². The highest BCUT2D eigenvalue weighted by Crippen LogP contribution is 2.20. The lowest BCUT2D eigenvalue weighted by Gasteiger charge is -2.08. The molecule has 3 heteroatoms. The van der Waals surface area contributed by atoms with Crippen molar-refractivity contribution in [3.05, 3.63) is 29.3 Å². The van der Waals surface area contributed by atoms with Crippen LogP contribution in [-0.4, -0.2) is 5.38 Å². The normalized spacial score (nSPS) is 27.1. The zero-order valence-corrected chi connectivity index (χ0v) is 6.15. The summed E-state index contributed by atoms with van der Waals surface area (Å²) in [5.74, 6) is 0. The second-order valence-corrected chi connectivity index (χ2v) is 2.75. The van der Waals surface area contributed by atoms with E-state index in [0.717, 1.165) is 0 Å². The highest BCUT2D eigenvalue weighted by Gasteiger charge is 2.09. The van der Waals surface area contributed by atoms with Crippen molar-refractivity contribution in [2.45, 2.75) is 5.38 Å². The van der Waals surface area contributed by atoms with Crippen LogP contribution in [0, 0.1) is 6.42 Å². The molecule has 0 saturated heterocycles. The standard InChI is InChI=1S/C6H6Cl2N/c7-4-1-5(8)3-6(9)2-4/h1-4H,9H2. The van der Waals surface area contributed by atoms with Gasteiger partial charge in [-0.25, -0.2) is 0 Å². The van der Waals surface area contributed by atoms with E-state index in [1.54, 1.807) is 18.6 Å². The number of allylic oxidation sites excluding steroid dienone is 3. The molecule has 1 aliphatic rings. The molecule has 2 N–H and O–H groups in total. The average molecular weight is 163 g/mol. The Kier molecular flexibility index (Phi) is 2.04. The molecule has 49 valence electrons. The van der Waals surface area contributed by atoms with Crippen LogP contribution in [0.25, 0.3) is 0 Å². The van der Waals surface area contributed by atoms with Gasteiger partial charge in [0.15, 0.2) is 0 Å². The SMILES string of the molecule is NC1=CC(Cl)[CH]C(Cl)=C1. The third-order valence-corrected chi connectivity index (χ3v) is 1.46. The molecule has 0 heterocycles. The van der Waals surface area contributed by atoms with Gasteiger partial charge < -0.3 is 5.73 Å². The van der Waals surface area contributed by atoms with E-state index >= 15 is 0 Å². The number of alkyl halides is 1. The van der Waals surface area contributed by atoms with Crippen LogP contribution in [0.1, 0.15) is 0 Å². The van der Waals surface area contributed by atoms with Crippen LogP contribution in [0.3, 0.4) is 0 Å². The van der Waals surface area contributed by atoms with Gasteiger partial charge in [-0.3, -0.25) is 0 Å². The molecule has 1 rings (SSSR count). The third-order valence-electron chi connectivity index (χ3n) is 0.975. The van der Waals surface area contributed by atoms with Crippen molar-refractivity contribution in [3.8, 4) is 0 Å². The second kappa shape index (κ2) is 2.63. The van der Waals surface area contributed by atoms with Gasteiger partial charge in [0.1, 0.15) is 0 Å². The van der Waals surface area contributed by atoms with E-state index in [9.17, 15) is 0 Å². The Hall–Kier alpha value is -0.140. The number of nitrogens with two attached hydrogens (primary N) is 1. The van der Waals surface area contributed by atoms with E-state index < -0.39 is 0 Å². The van der Waals surface area contributed by atoms with Crippen LogP contribution in [0.5, 0.6) is 0 Å². The molecule has 1 aliphatic carbocycles. The van der Waals surface area contributed by atoms with Crippen molar-refractivity contribution >= 4 is 23.2 Å². The fourth-order valence-corrected chi connectivity index (χ4v) is 1.25. The number of hydrogen-bond donors (Lipinski definition) is 1. The van der Waals surface area contributed by atoms with Gasteiger partial charge in [-0.1, -0.05) is 11.6 Å². The minimum atomic E-state index is -0.150. The lowest BCUT2D eigenvalue weighted by atomic mass is 10.1. The maximum absolute atomic E-state index is 5.67. The number of hydrogen-bond acceptors (Lipinski definition) is 1. The maximum Gasteiger partial charge on any atom is 0.0622 e. The largest absolute Gasteiger partial charge is 0.399 e. The molecule has 1 unspecified atom stereocenters. The van der Waals surface area contributed by atoms with Gasteiger partial charge in [-0.15, -0.1) is 11.6 Å². The first-order valence-corrected chi connectivity index (χ1v) is 3.33. The summed E-state index contributed by atoms with van der Waals surface area (Å²) in [6.45, 7) is 0. The molecule has 0 aromatic heterocycles. The zero-order chi connectivity index (χ0) is 6.85. The van der Waals surface area contributed by atoms with Crippen LogP contribution in [-0.2, 0) is 0 Å². The van der Waals surface area contributed by atoms with E-state index in [1.807, 2.05) is 0 Å². The van der Waals surface area contributed by atoms with E-state index in [-0.39, 0.29) is 5.38 Å². The van der Waals surface area contributed by atoms with Gasteiger partial charge in [0.05, 0.1) is 5.38 Å². The fraction of sp³-hybridized carbons (Fsp3) is 0.167. The molecule has 0 fully saturated rings. The van der Waals surface area contributed by atoms with Crippen molar-refractivity contribution in [2.24, 2.45) is 5.73 Å². The first-order chi connectivity index (χ1) is 4.18. The molecule has 0 spiro atoms. The molecule has 0 bridgehead atoms. The number of rotatable bonds is 0. The maximum atomic E-state index is 5.67. The average Bonchev–Trinajstić information content (AvgIpc) is 1.59. The van der Waals surface area contributed by atoms with Crippen LogP contribution < -0.4 is 5.73 Å². The van der Waals surface area contributed by atoms with Gasteiger partial charge >= 0.3 is 0 Å². The fourth-order valence-electron chi connectivity index (χ4n) is 0.640. The number of halogens is 2. The molecule has 0 aliphatic heterocycles. The summed E-state index contributed by atoms with van der Waals surface area (Å²) in [6.07, 6.45) is 5.12. The first-order valence-electron chi connectivity index (χ1n) is 2.52. The molecule has 9 heavy (non-hydrogen) atoms. The quantitative estimate of drug-likeness (QED) is 0.541. The van der Waals surface area contributed by atoms with Gasteiger partial charge in [0, 0.05) is 17.2 Å². The summed E-state index contributed by atoms with van der Waals surface area (Å²) in [5, 5.41) is 0.456. The Balaban J connectivity index is 2.74. The highest BCUT2D eigenvalue weighted by atomic mass is 35.5. The van der Waals surface area contributed by atoms with Crippen LogP contribution in [0.15, 0.2) is 22.9 Å². The monoisotopic (exact) mass is 162 g/mol. The van der Waals surface area contributed by atoms with E-state index in [0.29, 0.717) is 10.7 Å². The zero-order valence-electron chi connectivity index (χ0n) is 4.64. The molecule has 1 radical (unpaired) electrons. The van der Waals surface area contributed by atoms with Crippen molar-refractivity contribution in [1.29, 1.82) is 0 Å². The molecule has 0 amide bonds. The predicted octanol–water partition coefficient (Wildman–Crippen LogP) is 1.78. The van der Waals surface area contributed by atoms with Crippen molar-refractivity contribution in [2.75, 3.05) is 0 Å². The summed E-state index contributed by atoms with van der Waals surface area (Å²) in [5.41, 5.74) is 6.04. The summed E-state index contributed by atoms with van der Waals surface area (Å²) >= 11 is 11.3. The smallest absolute Gasteiger partial charge is 0.0622 e. The van der Waals surface area contributed by atoms with E-state index in [4.69, 9.17) is 28.9 Å². The minimum Gasteiger partial charge on any atom is -0.399 e. The summed E-state index contributed by atoms with van der Waals surface area (Å²) < 4.78 is 0. The van der Waals surface area contributed by atoms with E-state index in [1.165, 1.54) is 0 Å². The molecule has 1 nitrogen and oxygen atoms in total.